The number of carbonyl (C=O) groups excluding carboxylic acids is 2. The molecule has 0 saturated heterocycles. The molecule has 8 nitrogen and oxygen atoms in total. The molecule has 3 aromatic heterocycles. The third kappa shape index (κ3) is 3.40. The molecule has 0 saturated carbocycles. The topological polar surface area (TPSA) is 93.3 Å². The molecule has 0 unspecified atom stereocenters. The molecule has 3 aromatic rings. The zero-order valence-corrected chi connectivity index (χ0v) is 15.8. The molecular formula is C20H21N5O3. The van der Waals surface area contributed by atoms with Crippen molar-refractivity contribution in [2.45, 2.75) is 33.0 Å². The van der Waals surface area contributed by atoms with Crippen molar-refractivity contribution in [3.05, 3.63) is 71.5 Å². The number of nitrogens with zero attached hydrogens (tertiary/aromatic N) is 4. The van der Waals surface area contributed by atoms with E-state index in [1.807, 2.05) is 24.5 Å². The number of imidazole rings is 1. The van der Waals surface area contributed by atoms with Gasteiger partial charge in [0.2, 0.25) is 0 Å². The highest BCUT2D eigenvalue weighted by Gasteiger charge is 2.31. The normalized spacial score (nSPS) is 15.9. The summed E-state index contributed by atoms with van der Waals surface area (Å²) in [5.74, 6) is 1.02. The maximum Gasteiger partial charge on any atom is 0.271 e. The highest BCUT2D eigenvalue weighted by Crippen LogP contribution is 2.26. The monoisotopic (exact) mass is 379 g/mol. The number of amides is 2. The molecule has 0 aromatic carbocycles. The van der Waals surface area contributed by atoms with Gasteiger partial charge < -0.3 is 19.2 Å². The van der Waals surface area contributed by atoms with Crippen LogP contribution in [0.5, 0.6) is 0 Å². The molecule has 28 heavy (non-hydrogen) atoms. The van der Waals surface area contributed by atoms with Crippen molar-refractivity contribution in [1.82, 2.24) is 24.8 Å². The van der Waals surface area contributed by atoms with Crippen LogP contribution in [0.25, 0.3) is 0 Å². The Balaban J connectivity index is 1.49. The van der Waals surface area contributed by atoms with Crippen LogP contribution in [0.1, 0.15) is 51.0 Å². The summed E-state index contributed by atoms with van der Waals surface area (Å²) in [7, 11) is 0. The first-order valence-corrected chi connectivity index (χ1v) is 9.13. The zero-order chi connectivity index (χ0) is 19.7. The third-order valence-corrected chi connectivity index (χ3v) is 4.85. The van der Waals surface area contributed by atoms with Gasteiger partial charge in [0.05, 0.1) is 24.4 Å². The first-order chi connectivity index (χ1) is 13.5. The van der Waals surface area contributed by atoms with E-state index < -0.39 is 0 Å². The van der Waals surface area contributed by atoms with Crippen LogP contribution in [0.4, 0.5) is 0 Å². The van der Waals surface area contributed by atoms with Gasteiger partial charge in [-0.05, 0) is 37.6 Å². The number of aryl methyl sites for hydroxylation is 1. The summed E-state index contributed by atoms with van der Waals surface area (Å²) in [6.45, 7) is 5.26. The van der Waals surface area contributed by atoms with E-state index in [0.29, 0.717) is 42.5 Å². The molecule has 0 spiro atoms. The lowest BCUT2D eigenvalue weighted by atomic mass is 10.1. The molecule has 144 valence electrons. The minimum absolute atomic E-state index is 0.0817. The second-order valence-electron chi connectivity index (χ2n) is 6.87. The van der Waals surface area contributed by atoms with Gasteiger partial charge in [0.25, 0.3) is 11.8 Å². The highest BCUT2D eigenvalue weighted by molar-refractivity contribution is 5.94. The molecule has 1 N–H and O–H groups in total. The van der Waals surface area contributed by atoms with Crippen LogP contribution < -0.4 is 5.32 Å². The summed E-state index contributed by atoms with van der Waals surface area (Å²) in [6.07, 6.45) is 6.60. The average Bonchev–Trinajstić information content (AvgIpc) is 3.36. The summed E-state index contributed by atoms with van der Waals surface area (Å²) in [4.78, 5) is 35.7. The molecule has 0 aliphatic carbocycles. The van der Waals surface area contributed by atoms with E-state index in [2.05, 4.69) is 15.3 Å². The summed E-state index contributed by atoms with van der Waals surface area (Å²) in [5, 5.41) is 2.79. The van der Waals surface area contributed by atoms with Crippen molar-refractivity contribution >= 4 is 11.8 Å². The van der Waals surface area contributed by atoms with Gasteiger partial charge >= 0.3 is 0 Å². The molecule has 1 aliphatic rings. The minimum Gasteiger partial charge on any atom is -0.467 e. The number of nitrogens with one attached hydrogen (secondary N) is 1. The van der Waals surface area contributed by atoms with Crippen LogP contribution in [0, 0.1) is 6.92 Å². The second-order valence-corrected chi connectivity index (χ2v) is 6.87. The van der Waals surface area contributed by atoms with Gasteiger partial charge in [0, 0.05) is 31.7 Å². The van der Waals surface area contributed by atoms with Crippen LogP contribution in [-0.4, -0.2) is 37.8 Å². The van der Waals surface area contributed by atoms with E-state index in [0.717, 1.165) is 5.56 Å². The van der Waals surface area contributed by atoms with E-state index in [4.69, 9.17) is 4.42 Å². The molecule has 8 heteroatoms. The van der Waals surface area contributed by atoms with Gasteiger partial charge in [-0.1, -0.05) is 0 Å². The van der Waals surface area contributed by atoms with Crippen molar-refractivity contribution in [2.75, 3.05) is 6.54 Å². The molecule has 4 rings (SSSR count). The Morgan fingerprint density at radius 3 is 2.93 bits per heavy atom. The fourth-order valence-electron chi connectivity index (χ4n) is 3.39. The molecule has 0 bridgehead atoms. The van der Waals surface area contributed by atoms with Gasteiger partial charge in [-0.2, -0.15) is 0 Å². The van der Waals surface area contributed by atoms with E-state index in [1.165, 1.54) is 0 Å². The summed E-state index contributed by atoms with van der Waals surface area (Å²) < 4.78 is 7.15. The van der Waals surface area contributed by atoms with Gasteiger partial charge in [0.1, 0.15) is 17.3 Å². The lowest BCUT2D eigenvalue weighted by Crippen LogP contribution is -2.41. The summed E-state index contributed by atoms with van der Waals surface area (Å²) >= 11 is 0. The van der Waals surface area contributed by atoms with E-state index in [-0.39, 0.29) is 17.9 Å². The van der Waals surface area contributed by atoms with Gasteiger partial charge in [-0.15, -0.1) is 0 Å². The van der Waals surface area contributed by atoms with E-state index >= 15 is 0 Å². The SMILES string of the molecule is Cc1cncc(C(=O)N2CCn3cc(C(=O)NCc4ccco4)nc3[C@@H]2C)c1. The fraction of sp³-hybridized carbons (Fsp3) is 0.300. The molecule has 0 radical (unpaired) electrons. The molecule has 1 atom stereocenters. The predicted octanol–water partition coefficient (Wildman–Crippen LogP) is 2.33. The number of pyridine rings is 1. The fourth-order valence-corrected chi connectivity index (χ4v) is 3.39. The van der Waals surface area contributed by atoms with Gasteiger partial charge in [0.15, 0.2) is 0 Å². The van der Waals surface area contributed by atoms with Crippen molar-refractivity contribution in [2.24, 2.45) is 0 Å². The minimum atomic E-state index is -0.272. The third-order valence-electron chi connectivity index (χ3n) is 4.85. The molecule has 1 aliphatic heterocycles. The van der Waals surface area contributed by atoms with Crippen LogP contribution >= 0.6 is 0 Å². The average molecular weight is 379 g/mol. The van der Waals surface area contributed by atoms with Gasteiger partial charge in [-0.3, -0.25) is 14.6 Å². The maximum atomic E-state index is 12.9. The van der Waals surface area contributed by atoms with Crippen molar-refractivity contribution < 1.29 is 14.0 Å². The number of fused-ring (bicyclic) bond motifs is 1. The number of hydrogen-bond donors (Lipinski definition) is 1. The summed E-state index contributed by atoms with van der Waals surface area (Å²) in [5.41, 5.74) is 1.83. The summed E-state index contributed by atoms with van der Waals surface area (Å²) in [6, 6.07) is 5.16. The molecule has 4 heterocycles. The smallest absolute Gasteiger partial charge is 0.271 e. The van der Waals surface area contributed by atoms with Crippen LogP contribution in [0.2, 0.25) is 0 Å². The quantitative estimate of drug-likeness (QED) is 0.751. The van der Waals surface area contributed by atoms with Crippen LogP contribution in [0.3, 0.4) is 0 Å². The Labute approximate surface area is 162 Å². The number of carbonyl (C=O) groups is 2. The second kappa shape index (κ2) is 7.30. The highest BCUT2D eigenvalue weighted by atomic mass is 16.3. The number of aromatic nitrogens is 3. The number of furan rings is 1. The lowest BCUT2D eigenvalue weighted by molar-refractivity contribution is 0.0637. The van der Waals surface area contributed by atoms with Crippen molar-refractivity contribution in [3.8, 4) is 0 Å². The van der Waals surface area contributed by atoms with Crippen LogP contribution in [0.15, 0.2) is 47.5 Å². The Bertz CT molecular complexity index is 1010. The Morgan fingerprint density at radius 1 is 1.32 bits per heavy atom. The first-order valence-electron chi connectivity index (χ1n) is 9.13. The standard InChI is InChI=1S/C20H21N5O3/c1-13-8-15(10-21-9-13)20(27)25-6-5-24-12-17(23-18(24)14(25)2)19(26)22-11-16-4-3-7-28-16/h3-4,7-10,12,14H,5-6,11H2,1-2H3,(H,22,26)/t14-/m0/s1. The maximum absolute atomic E-state index is 12.9. The van der Waals surface area contributed by atoms with Crippen molar-refractivity contribution in [1.29, 1.82) is 0 Å². The van der Waals surface area contributed by atoms with E-state index in [1.54, 1.807) is 41.9 Å². The Kier molecular flexibility index (Phi) is 4.68. The molecule has 0 fully saturated rings. The predicted molar refractivity (Wildman–Crippen MR) is 101 cm³/mol. The number of hydrogen-bond acceptors (Lipinski definition) is 5. The Hall–Kier alpha value is -3.42. The van der Waals surface area contributed by atoms with Gasteiger partial charge in [-0.25, -0.2) is 4.98 Å². The first kappa shape index (κ1) is 18.0. The van der Waals surface area contributed by atoms with Crippen molar-refractivity contribution in [3.63, 3.8) is 0 Å². The molecular weight excluding hydrogens is 358 g/mol. The number of rotatable bonds is 4. The lowest BCUT2D eigenvalue weighted by Gasteiger charge is -2.33. The molecule has 2 amide bonds. The largest absolute Gasteiger partial charge is 0.467 e. The zero-order valence-electron chi connectivity index (χ0n) is 15.8. The van der Waals surface area contributed by atoms with Crippen LogP contribution in [-0.2, 0) is 13.1 Å². The van der Waals surface area contributed by atoms with E-state index in [9.17, 15) is 9.59 Å². The Morgan fingerprint density at radius 2 is 2.18 bits per heavy atom.